The molecular formula is C54H79FN10O6. The largest absolute Gasteiger partial charge is 0.480 e. The Bertz CT molecular complexity index is 2600. The quantitative estimate of drug-likeness (QED) is 0.0306. The Morgan fingerprint density at radius 1 is 0.761 bits per heavy atom. The molecule has 0 bridgehead atoms. The van der Waals surface area contributed by atoms with E-state index < -0.39 is 23.1 Å². The molecule has 0 aliphatic heterocycles. The van der Waals surface area contributed by atoms with E-state index in [0.717, 1.165) is 89.7 Å². The van der Waals surface area contributed by atoms with E-state index in [9.17, 15) is 4.39 Å². The molecule has 9 rings (SSSR count). The highest BCUT2D eigenvalue weighted by molar-refractivity contribution is 5.82. The second-order valence-electron chi connectivity index (χ2n) is 20.5. The smallest absolute Gasteiger partial charge is 0.225 e. The molecule has 17 heteroatoms. The van der Waals surface area contributed by atoms with E-state index >= 15 is 0 Å². The summed E-state index contributed by atoms with van der Waals surface area (Å²) >= 11 is 0. The van der Waals surface area contributed by atoms with Gasteiger partial charge in [0.1, 0.15) is 17.8 Å². The lowest BCUT2D eigenvalue weighted by atomic mass is 9.97. The van der Waals surface area contributed by atoms with Gasteiger partial charge >= 0.3 is 0 Å². The van der Waals surface area contributed by atoms with Crippen LogP contribution in [-0.2, 0) is 17.6 Å². The number of nitrogens with zero attached hydrogens (tertiary/aromatic N) is 6. The van der Waals surface area contributed by atoms with Gasteiger partial charge in [0.15, 0.2) is 28.9 Å². The molecule has 388 valence electrons. The highest BCUT2D eigenvalue weighted by Gasteiger charge is 2.27. The number of ether oxygens (including phenoxy) is 2. The Hall–Kier alpha value is -5.56. The van der Waals surface area contributed by atoms with Crippen molar-refractivity contribution in [2.45, 2.75) is 148 Å². The van der Waals surface area contributed by atoms with Gasteiger partial charge in [0.05, 0.1) is 29.9 Å². The van der Waals surface area contributed by atoms with Crippen LogP contribution in [0.15, 0.2) is 78.2 Å². The molecule has 6 aromatic rings. The number of aromatic nitrogens is 5. The number of rotatable bonds is 13. The number of aliphatic hydroxyl groups is 4. The fourth-order valence-electron chi connectivity index (χ4n) is 8.66. The first kappa shape index (κ1) is 56.4. The maximum atomic E-state index is 13.3. The van der Waals surface area contributed by atoms with Gasteiger partial charge in [-0.2, -0.15) is 0 Å². The number of nitrogens with two attached hydrogens (primary N) is 3. The lowest BCUT2D eigenvalue weighted by molar-refractivity contribution is -0.128. The SMILES string of the molecule is CC(C)(O)O.CC(C)(O)O.COC(C)(C)/N=C\N.COc1ncnc2c1ccn2C1CCC(CCc2ccc3ccc(NCC4CC4)nc3c2)C1.Nc1nc2cc(CCC3CCC(N)C3)ccc2cc1F. The Labute approximate surface area is 418 Å². The number of halogens is 1. The van der Waals surface area contributed by atoms with Gasteiger partial charge < -0.3 is 57.0 Å². The summed E-state index contributed by atoms with van der Waals surface area (Å²) in [5.74, 6) is 0.511. The van der Waals surface area contributed by atoms with Crippen LogP contribution in [0.5, 0.6) is 5.88 Å². The molecule has 0 radical (unpaired) electrons. The summed E-state index contributed by atoms with van der Waals surface area (Å²) in [5.41, 5.74) is 21.5. The van der Waals surface area contributed by atoms with E-state index in [0.29, 0.717) is 18.0 Å². The number of hydrogen-bond donors (Lipinski definition) is 8. The van der Waals surface area contributed by atoms with E-state index in [4.69, 9.17) is 52.1 Å². The molecule has 3 aliphatic rings. The first-order chi connectivity index (χ1) is 33.5. The zero-order valence-electron chi connectivity index (χ0n) is 43.0. The number of benzene rings is 2. The molecule has 11 N–H and O–H groups in total. The van der Waals surface area contributed by atoms with Crippen LogP contribution in [0.2, 0.25) is 0 Å². The summed E-state index contributed by atoms with van der Waals surface area (Å²) in [7, 11) is 3.26. The monoisotopic (exact) mass is 983 g/mol. The summed E-state index contributed by atoms with van der Waals surface area (Å²) in [6.07, 6.45) is 19.4. The van der Waals surface area contributed by atoms with Gasteiger partial charge in [0, 0.05) is 42.7 Å². The molecule has 3 saturated carbocycles. The van der Waals surface area contributed by atoms with Crippen LogP contribution in [0.3, 0.4) is 0 Å². The van der Waals surface area contributed by atoms with Gasteiger partial charge in [-0.25, -0.2) is 29.3 Å². The zero-order valence-corrected chi connectivity index (χ0v) is 43.0. The number of nitrogen functional groups attached to an aromatic ring is 1. The fourth-order valence-corrected chi connectivity index (χ4v) is 8.66. The Morgan fingerprint density at radius 3 is 1.90 bits per heavy atom. The minimum atomic E-state index is -1.50. The van der Waals surface area contributed by atoms with Crippen molar-refractivity contribution < 1.29 is 34.3 Å². The number of fused-ring (bicyclic) bond motifs is 3. The summed E-state index contributed by atoms with van der Waals surface area (Å²) < 4.78 is 26.0. The van der Waals surface area contributed by atoms with Gasteiger partial charge in [0.2, 0.25) is 5.88 Å². The minimum absolute atomic E-state index is 0.0311. The molecule has 71 heavy (non-hydrogen) atoms. The molecule has 4 atom stereocenters. The van der Waals surface area contributed by atoms with Gasteiger partial charge in [-0.1, -0.05) is 24.3 Å². The lowest BCUT2D eigenvalue weighted by Gasteiger charge is -2.15. The van der Waals surface area contributed by atoms with E-state index in [1.54, 1.807) is 20.5 Å². The molecule has 4 aromatic heterocycles. The van der Waals surface area contributed by atoms with E-state index in [2.05, 4.69) is 78.5 Å². The summed E-state index contributed by atoms with van der Waals surface area (Å²) in [6.45, 7) is 9.91. The second kappa shape index (κ2) is 25.7. The molecular weight excluding hydrogens is 904 g/mol. The third kappa shape index (κ3) is 19.5. The number of nitrogens with one attached hydrogen (secondary N) is 1. The fraction of sp³-hybridized carbons (Fsp3) is 0.537. The van der Waals surface area contributed by atoms with E-state index in [1.807, 2.05) is 26.0 Å². The number of aliphatic imine (C=N–C) groups is 1. The second-order valence-corrected chi connectivity index (χ2v) is 20.5. The van der Waals surface area contributed by atoms with Crippen molar-refractivity contribution in [1.29, 1.82) is 0 Å². The number of pyridine rings is 2. The predicted molar refractivity (Wildman–Crippen MR) is 282 cm³/mol. The number of anilines is 2. The minimum Gasteiger partial charge on any atom is -0.480 e. The topological polar surface area (TPSA) is 258 Å². The maximum Gasteiger partial charge on any atom is 0.225 e. The van der Waals surface area contributed by atoms with Crippen LogP contribution in [-0.4, -0.2) is 95.4 Å². The van der Waals surface area contributed by atoms with E-state index in [1.165, 1.54) is 102 Å². The summed E-state index contributed by atoms with van der Waals surface area (Å²) in [5, 5.41) is 38.8. The molecule has 0 amide bonds. The predicted octanol–water partition coefficient (Wildman–Crippen LogP) is 8.57. The van der Waals surface area contributed by atoms with Crippen molar-refractivity contribution in [2.24, 2.45) is 34.2 Å². The standard InChI is InChI=1S/C27H31N5O.C16H20FN3.C5H12N2O.2C3H8O2/c1-33-27-23-12-13-32(26(23)29-17-30-27)22-10-7-18(14-22)2-3-19-6-8-21-9-11-25(31-24(21)15-19)28-16-20-4-5-20;17-14-9-12-5-3-11(8-15(12)20-16(14)19)2-1-10-4-6-13(18)7-10;1-5(2,8-3)7-4-6;2*1-3(2,4)5/h6,8-9,11-13,15,17-18,20,22H,2-5,7,10,14,16H2,1H3,(H,28,31);3,5,8-10,13H,1-2,4,6-7,18H2,(H2,19,20);4H,1-3H3,(H2,6,7);2*4-5H,1-2H3. The van der Waals surface area contributed by atoms with E-state index in [-0.39, 0.29) is 5.82 Å². The number of methoxy groups -OCH3 is 2. The molecule has 2 aromatic carbocycles. The molecule has 3 fully saturated rings. The van der Waals surface area contributed by atoms with Gasteiger partial charge in [-0.05, 0) is 184 Å². The molecule has 3 aliphatic carbocycles. The summed E-state index contributed by atoms with van der Waals surface area (Å²) in [6, 6.07) is 21.5. The zero-order chi connectivity index (χ0) is 51.9. The molecule has 4 heterocycles. The molecule has 16 nitrogen and oxygen atoms in total. The van der Waals surface area contributed by atoms with Crippen molar-refractivity contribution >= 4 is 50.8 Å². The number of aryl methyl sites for hydroxylation is 2. The lowest BCUT2D eigenvalue weighted by Crippen LogP contribution is -2.20. The Balaban J connectivity index is 0.000000208. The average Bonchev–Trinajstić information content (AvgIpc) is 3.61. The van der Waals surface area contributed by atoms with Crippen molar-refractivity contribution in [1.82, 2.24) is 24.5 Å². The van der Waals surface area contributed by atoms with Crippen LogP contribution in [0.4, 0.5) is 16.0 Å². The van der Waals surface area contributed by atoms with Crippen molar-refractivity contribution in [3.8, 4) is 5.88 Å². The molecule has 0 saturated heterocycles. The van der Waals surface area contributed by atoms with Crippen LogP contribution in [0.1, 0.15) is 123 Å². The third-order valence-corrected chi connectivity index (χ3v) is 12.6. The van der Waals surface area contributed by atoms with Crippen molar-refractivity contribution in [2.75, 3.05) is 31.8 Å². The highest BCUT2D eigenvalue weighted by Crippen LogP contribution is 2.39. The number of hydrogen-bond acceptors (Lipinski definition) is 14. The van der Waals surface area contributed by atoms with Crippen LogP contribution in [0, 0.1) is 23.6 Å². The maximum absolute atomic E-state index is 13.3. The first-order valence-electron chi connectivity index (χ1n) is 24.8. The van der Waals surface area contributed by atoms with Gasteiger partial charge in [-0.15, -0.1) is 0 Å². The summed E-state index contributed by atoms with van der Waals surface area (Å²) in [4.78, 5) is 21.6. The van der Waals surface area contributed by atoms with Crippen molar-refractivity contribution in [3.05, 3.63) is 90.1 Å². The van der Waals surface area contributed by atoms with Gasteiger partial charge in [0.25, 0.3) is 0 Å². The van der Waals surface area contributed by atoms with Crippen LogP contribution < -0.4 is 27.3 Å². The Morgan fingerprint density at radius 2 is 1.34 bits per heavy atom. The first-order valence-corrected chi connectivity index (χ1v) is 24.8. The van der Waals surface area contributed by atoms with Crippen LogP contribution >= 0.6 is 0 Å². The van der Waals surface area contributed by atoms with Crippen molar-refractivity contribution in [3.63, 3.8) is 0 Å². The third-order valence-electron chi connectivity index (χ3n) is 12.6. The normalized spacial score (nSPS) is 19.0. The molecule has 4 unspecified atom stereocenters. The van der Waals surface area contributed by atoms with Gasteiger partial charge in [-0.3, -0.25) is 0 Å². The molecule has 0 spiro atoms. The van der Waals surface area contributed by atoms with Crippen LogP contribution in [0.25, 0.3) is 32.8 Å². The highest BCUT2D eigenvalue weighted by atomic mass is 19.1. The average molecular weight is 983 g/mol. The Kier molecular flexibility index (Phi) is 20.4.